The molecular weight excluding hydrogens is 440 g/mol. The van der Waals surface area contributed by atoms with E-state index in [2.05, 4.69) is 42.2 Å². The lowest BCUT2D eigenvalue weighted by Gasteiger charge is -1.96. The number of nitrogens with one attached hydrogen (secondary N) is 1. The van der Waals surface area contributed by atoms with Crippen LogP contribution in [0.15, 0.2) is 32.5 Å². The van der Waals surface area contributed by atoms with Crippen LogP contribution in [-0.4, -0.2) is 18.0 Å². The van der Waals surface area contributed by atoms with E-state index in [1.807, 2.05) is 18.2 Å². The summed E-state index contributed by atoms with van der Waals surface area (Å²) in [6.45, 7) is 0. The summed E-state index contributed by atoms with van der Waals surface area (Å²) in [6, 6.07) is 7.40. The Kier molecular flexibility index (Phi) is 4.30. The molecule has 0 saturated carbocycles. The van der Waals surface area contributed by atoms with E-state index in [4.69, 9.17) is 4.74 Å². The number of halogens is 2. The molecule has 2 aromatic heterocycles. The first-order valence-corrected chi connectivity index (χ1v) is 8.99. The van der Waals surface area contributed by atoms with Gasteiger partial charge in [0.25, 0.3) is 5.91 Å². The Balaban J connectivity index is 1.85. The summed E-state index contributed by atoms with van der Waals surface area (Å²) in [7, 11) is 1.62. The molecule has 21 heavy (non-hydrogen) atoms. The molecule has 0 radical (unpaired) electrons. The minimum absolute atomic E-state index is 0.169. The second-order valence-electron chi connectivity index (χ2n) is 4.04. The molecule has 0 spiro atoms. The zero-order valence-corrected chi connectivity index (χ0v) is 15.5. The number of amides is 1. The average molecular weight is 448 g/mol. The van der Waals surface area contributed by atoms with E-state index in [1.54, 1.807) is 13.2 Å². The van der Waals surface area contributed by atoms with Crippen LogP contribution in [0.4, 0.5) is 5.13 Å². The first-order valence-electron chi connectivity index (χ1n) is 5.77. The van der Waals surface area contributed by atoms with Gasteiger partial charge in [0.1, 0.15) is 5.75 Å². The highest BCUT2D eigenvalue weighted by Gasteiger charge is 2.14. The van der Waals surface area contributed by atoms with Gasteiger partial charge in [-0.2, -0.15) is 0 Å². The van der Waals surface area contributed by atoms with Crippen LogP contribution in [0.25, 0.3) is 10.2 Å². The van der Waals surface area contributed by atoms with Crippen LogP contribution in [0, 0.1) is 0 Å². The summed E-state index contributed by atoms with van der Waals surface area (Å²) < 4.78 is 7.91. The predicted molar refractivity (Wildman–Crippen MR) is 93.8 cm³/mol. The molecule has 3 rings (SSSR count). The van der Waals surface area contributed by atoms with Crippen molar-refractivity contribution in [1.82, 2.24) is 4.98 Å². The van der Waals surface area contributed by atoms with Crippen molar-refractivity contribution in [2.24, 2.45) is 0 Å². The van der Waals surface area contributed by atoms with Gasteiger partial charge < -0.3 is 4.74 Å². The topological polar surface area (TPSA) is 51.2 Å². The van der Waals surface area contributed by atoms with E-state index in [9.17, 15) is 4.79 Å². The second-order valence-corrected chi connectivity index (χ2v) is 8.29. The maximum atomic E-state index is 12.2. The molecule has 8 heteroatoms. The number of fused-ring (bicyclic) bond motifs is 1. The van der Waals surface area contributed by atoms with E-state index in [-0.39, 0.29) is 5.91 Å². The number of rotatable bonds is 3. The quantitative estimate of drug-likeness (QED) is 0.604. The van der Waals surface area contributed by atoms with Gasteiger partial charge in [-0.1, -0.05) is 11.3 Å². The van der Waals surface area contributed by atoms with Crippen LogP contribution < -0.4 is 10.1 Å². The van der Waals surface area contributed by atoms with Crippen LogP contribution in [0.2, 0.25) is 0 Å². The number of thiazole rings is 1. The van der Waals surface area contributed by atoms with Crippen molar-refractivity contribution in [2.45, 2.75) is 0 Å². The van der Waals surface area contributed by atoms with Gasteiger partial charge in [0.2, 0.25) is 0 Å². The molecule has 0 bridgehead atoms. The highest BCUT2D eigenvalue weighted by atomic mass is 79.9. The first kappa shape index (κ1) is 15.0. The highest BCUT2D eigenvalue weighted by molar-refractivity contribution is 9.13. The summed E-state index contributed by atoms with van der Waals surface area (Å²) in [4.78, 5) is 17.2. The molecule has 1 amide bonds. The number of nitrogens with zero attached hydrogens (tertiary/aromatic N) is 1. The van der Waals surface area contributed by atoms with Crippen LogP contribution in [0.3, 0.4) is 0 Å². The zero-order valence-electron chi connectivity index (χ0n) is 10.6. The minimum Gasteiger partial charge on any atom is -0.497 e. The van der Waals surface area contributed by atoms with Crippen LogP contribution in [0.5, 0.6) is 5.75 Å². The van der Waals surface area contributed by atoms with Crippen molar-refractivity contribution in [1.29, 1.82) is 0 Å². The van der Waals surface area contributed by atoms with E-state index in [0.29, 0.717) is 10.0 Å². The maximum Gasteiger partial charge on any atom is 0.267 e. The summed E-state index contributed by atoms with van der Waals surface area (Å²) >= 11 is 9.54. The van der Waals surface area contributed by atoms with E-state index >= 15 is 0 Å². The lowest BCUT2D eigenvalue weighted by Crippen LogP contribution is -2.09. The smallest absolute Gasteiger partial charge is 0.267 e. The van der Waals surface area contributed by atoms with E-state index in [1.165, 1.54) is 22.7 Å². The number of anilines is 1. The van der Waals surface area contributed by atoms with Crippen LogP contribution in [-0.2, 0) is 0 Å². The number of carbonyl (C=O) groups is 1. The monoisotopic (exact) mass is 446 g/mol. The van der Waals surface area contributed by atoms with E-state index in [0.717, 1.165) is 24.2 Å². The summed E-state index contributed by atoms with van der Waals surface area (Å²) in [5.74, 6) is 0.604. The number of thiophene rings is 1. The third kappa shape index (κ3) is 3.13. The molecule has 108 valence electrons. The molecule has 4 nitrogen and oxygen atoms in total. The maximum absolute atomic E-state index is 12.2. The normalized spacial score (nSPS) is 10.8. The molecule has 3 aromatic rings. The van der Waals surface area contributed by atoms with Gasteiger partial charge >= 0.3 is 0 Å². The standard InChI is InChI=1S/C13H8Br2N2O2S2/c1-19-6-2-3-8-9(4-6)21-13(16-8)17-12(18)10-5-7(14)11(15)20-10/h2-5H,1H3,(H,16,17,18). The highest BCUT2D eigenvalue weighted by Crippen LogP contribution is 2.34. The van der Waals surface area contributed by atoms with E-state index < -0.39 is 0 Å². The van der Waals surface area contributed by atoms with Gasteiger partial charge in [0.05, 0.1) is 26.0 Å². The largest absolute Gasteiger partial charge is 0.497 e. The summed E-state index contributed by atoms with van der Waals surface area (Å²) in [6.07, 6.45) is 0. The molecule has 0 fully saturated rings. The third-order valence-corrected chi connectivity index (χ3v) is 6.87. The Morgan fingerprint density at radius 3 is 2.76 bits per heavy atom. The van der Waals surface area contributed by atoms with Crippen molar-refractivity contribution in [3.05, 3.63) is 37.4 Å². The number of methoxy groups -OCH3 is 1. The van der Waals surface area contributed by atoms with Crippen molar-refractivity contribution in [3.8, 4) is 5.75 Å². The Labute approximate surface area is 145 Å². The zero-order chi connectivity index (χ0) is 15.0. The van der Waals surface area contributed by atoms with Gasteiger partial charge in [-0.3, -0.25) is 10.1 Å². The minimum atomic E-state index is -0.169. The lowest BCUT2D eigenvalue weighted by atomic mass is 10.3. The Hall–Kier alpha value is -0.960. The van der Waals surface area contributed by atoms with Crippen molar-refractivity contribution in [3.63, 3.8) is 0 Å². The first-order chi connectivity index (χ1) is 10.1. The van der Waals surface area contributed by atoms with Crippen molar-refractivity contribution >= 4 is 75.8 Å². The van der Waals surface area contributed by atoms with Crippen molar-refractivity contribution < 1.29 is 9.53 Å². The third-order valence-electron chi connectivity index (χ3n) is 2.69. The van der Waals surface area contributed by atoms with Crippen LogP contribution >= 0.6 is 54.5 Å². The number of benzene rings is 1. The number of carbonyl (C=O) groups excluding carboxylic acids is 1. The molecule has 1 N–H and O–H groups in total. The average Bonchev–Trinajstić information content (AvgIpc) is 3.01. The fourth-order valence-corrected chi connectivity index (χ4v) is 4.52. The van der Waals surface area contributed by atoms with Gasteiger partial charge in [-0.25, -0.2) is 4.98 Å². The summed E-state index contributed by atoms with van der Waals surface area (Å²) in [5.41, 5.74) is 0.838. The molecule has 0 unspecified atom stereocenters. The Morgan fingerprint density at radius 1 is 1.29 bits per heavy atom. The number of aromatic nitrogens is 1. The van der Waals surface area contributed by atoms with Gasteiger partial charge in [-0.05, 0) is 56.1 Å². The summed E-state index contributed by atoms with van der Waals surface area (Å²) in [5, 5.41) is 3.40. The molecule has 0 saturated heterocycles. The Morgan fingerprint density at radius 2 is 2.10 bits per heavy atom. The molecule has 0 aliphatic rings. The molecule has 0 aliphatic carbocycles. The van der Waals surface area contributed by atoms with Crippen LogP contribution in [0.1, 0.15) is 9.67 Å². The number of ether oxygens (including phenoxy) is 1. The fraction of sp³-hybridized carbons (Fsp3) is 0.0769. The molecule has 1 aromatic carbocycles. The second kappa shape index (κ2) is 6.04. The SMILES string of the molecule is COc1ccc2nc(NC(=O)c3cc(Br)c(Br)s3)sc2c1. The molecular formula is C13H8Br2N2O2S2. The predicted octanol–water partition coefficient (Wildman–Crippen LogP) is 5.14. The number of hydrogen-bond acceptors (Lipinski definition) is 5. The lowest BCUT2D eigenvalue weighted by molar-refractivity contribution is 0.103. The Bertz CT molecular complexity index is 809. The molecule has 0 aliphatic heterocycles. The van der Waals surface area contributed by atoms with Gasteiger partial charge in [-0.15, -0.1) is 11.3 Å². The fourth-order valence-electron chi connectivity index (χ4n) is 1.70. The molecule has 0 atom stereocenters. The number of hydrogen-bond donors (Lipinski definition) is 1. The van der Waals surface area contributed by atoms with Gasteiger partial charge in [0.15, 0.2) is 5.13 Å². The van der Waals surface area contributed by atoms with Gasteiger partial charge in [0, 0.05) is 4.47 Å². The molecule has 2 heterocycles. The van der Waals surface area contributed by atoms with Crippen molar-refractivity contribution in [2.75, 3.05) is 12.4 Å².